The van der Waals surface area contributed by atoms with Crippen LogP contribution >= 0.6 is 0 Å². The second kappa shape index (κ2) is 3.77. The quantitative estimate of drug-likeness (QED) is 0.778. The van der Waals surface area contributed by atoms with Crippen LogP contribution in [0.2, 0.25) is 0 Å². The molecule has 16 heavy (non-hydrogen) atoms. The van der Waals surface area contributed by atoms with Gasteiger partial charge >= 0.3 is 0 Å². The topological polar surface area (TPSA) is 59.1 Å². The summed E-state index contributed by atoms with van der Waals surface area (Å²) in [5.41, 5.74) is 5.93. The molecule has 3 N–H and O–H groups in total. The Morgan fingerprint density at radius 1 is 1.12 bits per heavy atom. The van der Waals surface area contributed by atoms with Gasteiger partial charge in [-0.15, -0.1) is 0 Å². The number of nitrogen functional groups attached to an aromatic ring is 1. The molecule has 1 aromatic carbocycles. The standard InChI is InChI=1S/C11H8F2N2O/c12-8-2-1-6(3-10(8)16)7-4-11(14)15-5-9(7)13/h1-5,16H,(H2,14,15). The lowest BCUT2D eigenvalue weighted by atomic mass is 10.1. The molecule has 0 aliphatic heterocycles. The summed E-state index contributed by atoms with van der Waals surface area (Å²) in [6.07, 6.45) is 0.977. The van der Waals surface area contributed by atoms with Crippen LogP contribution in [0.5, 0.6) is 5.75 Å². The number of hydrogen-bond donors (Lipinski definition) is 2. The lowest BCUT2D eigenvalue weighted by molar-refractivity contribution is 0.432. The van der Waals surface area contributed by atoms with Gasteiger partial charge in [-0.25, -0.2) is 13.8 Å². The number of halogens is 2. The number of benzene rings is 1. The second-order valence-corrected chi connectivity index (χ2v) is 3.26. The van der Waals surface area contributed by atoms with Crippen molar-refractivity contribution in [1.29, 1.82) is 0 Å². The van der Waals surface area contributed by atoms with Gasteiger partial charge in [0.1, 0.15) is 11.6 Å². The fourth-order valence-electron chi connectivity index (χ4n) is 1.36. The fourth-order valence-corrected chi connectivity index (χ4v) is 1.36. The lowest BCUT2D eigenvalue weighted by Crippen LogP contribution is -1.93. The number of nitrogens with two attached hydrogens (primary N) is 1. The van der Waals surface area contributed by atoms with Gasteiger partial charge in [-0.1, -0.05) is 6.07 Å². The van der Waals surface area contributed by atoms with Crippen molar-refractivity contribution in [3.05, 3.63) is 42.1 Å². The summed E-state index contributed by atoms with van der Waals surface area (Å²) in [5.74, 6) is -1.72. The molecular formula is C11H8F2N2O. The molecule has 0 radical (unpaired) electrons. The summed E-state index contributed by atoms with van der Waals surface area (Å²) in [7, 11) is 0. The molecular weight excluding hydrogens is 214 g/mol. The molecule has 0 fully saturated rings. The SMILES string of the molecule is Nc1cc(-c2ccc(F)c(O)c2)c(F)cn1. The molecule has 5 heteroatoms. The van der Waals surface area contributed by atoms with E-state index in [1.807, 2.05) is 0 Å². The van der Waals surface area contributed by atoms with Crippen LogP contribution in [0.1, 0.15) is 0 Å². The predicted molar refractivity (Wildman–Crippen MR) is 55.7 cm³/mol. The smallest absolute Gasteiger partial charge is 0.164 e. The Balaban J connectivity index is 2.58. The molecule has 0 aliphatic carbocycles. The van der Waals surface area contributed by atoms with Crippen molar-refractivity contribution in [3.8, 4) is 16.9 Å². The molecule has 0 amide bonds. The van der Waals surface area contributed by atoms with E-state index in [0.717, 1.165) is 18.3 Å². The third-order valence-electron chi connectivity index (χ3n) is 2.13. The average molecular weight is 222 g/mol. The van der Waals surface area contributed by atoms with Crippen LogP contribution in [0.25, 0.3) is 11.1 Å². The first-order valence-corrected chi connectivity index (χ1v) is 4.48. The van der Waals surface area contributed by atoms with Crippen LogP contribution in [0.3, 0.4) is 0 Å². The van der Waals surface area contributed by atoms with E-state index in [9.17, 15) is 13.9 Å². The molecule has 0 bridgehead atoms. The van der Waals surface area contributed by atoms with Crippen molar-refractivity contribution in [2.75, 3.05) is 5.73 Å². The molecule has 0 spiro atoms. The number of phenolic OH excluding ortho intramolecular Hbond substituents is 1. The Bertz CT molecular complexity index is 544. The van der Waals surface area contributed by atoms with Crippen molar-refractivity contribution >= 4 is 5.82 Å². The maximum absolute atomic E-state index is 13.4. The van der Waals surface area contributed by atoms with E-state index in [4.69, 9.17) is 5.73 Å². The first kappa shape index (κ1) is 10.4. The first-order valence-electron chi connectivity index (χ1n) is 4.48. The summed E-state index contributed by atoms with van der Waals surface area (Å²) in [4.78, 5) is 3.57. The van der Waals surface area contributed by atoms with Crippen molar-refractivity contribution < 1.29 is 13.9 Å². The van der Waals surface area contributed by atoms with E-state index < -0.39 is 17.4 Å². The number of rotatable bonds is 1. The van der Waals surface area contributed by atoms with Crippen LogP contribution in [-0.2, 0) is 0 Å². The fraction of sp³-hybridized carbons (Fsp3) is 0. The zero-order valence-electron chi connectivity index (χ0n) is 8.11. The highest BCUT2D eigenvalue weighted by molar-refractivity contribution is 5.67. The van der Waals surface area contributed by atoms with Gasteiger partial charge in [-0.2, -0.15) is 0 Å². The van der Waals surface area contributed by atoms with Crippen molar-refractivity contribution in [1.82, 2.24) is 4.98 Å². The summed E-state index contributed by atoms with van der Waals surface area (Å²) in [6, 6.07) is 4.86. The highest BCUT2D eigenvalue weighted by Crippen LogP contribution is 2.28. The Morgan fingerprint density at radius 2 is 1.88 bits per heavy atom. The van der Waals surface area contributed by atoms with Crippen LogP contribution in [0, 0.1) is 11.6 Å². The number of pyridine rings is 1. The Hall–Kier alpha value is -2.17. The highest BCUT2D eigenvalue weighted by Gasteiger charge is 2.09. The van der Waals surface area contributed by atoms with Gasteiger partial charge in [-0.3, -0.25) is 0 Å². The van der Waals surface area contributed by atoms with E-state index in [2.05, 4.69) is 4.98 Å². The summed E-state index contributed by atoms with van der Waals surface area (Å²) < 4.78 is 26.2. The minimum absolute atomic E-state index is 0.153. The molecule has 2 aromatic rings. The number of aromatic nitrogens is 1. The van der Waals surface area contributed by atoms with Crippen molar-refractivity contribution in [2.24, 2.45) is 0 Å². The van der Waals surface area contributed by atoms with E-state index in [1.54, 1.807) is 0 Å². The molecule has 82 valence electrons. The second-order valence-electron chi connectivity index (χ2n) is 3.26. The summed E-state index contributed by atoms with van der Waals surface area (Å²) in [5, 5.41) is 9.18. The number of aromatic hydroxyl groups is 1. The zero-order chi connectivity index (χ0) is 11.7. The highest BCUT2D eigenvalue weighted by atomic mass is 19.1. The van der Waals surface area contributed by atoms with Gasteiger partial charge in [0, 0.05) is 5.56 Å². The average Bonchev–Trinajstić information content (AvgIpc) is 2.26. The molecule has 3 nitrogen and oxygen atoms in total. The van der Waals surface area contributed by atoms with E-state index >= 15 is 0 Å². The van der Waals surface area contributed by atoms with Gasteiger partial charge in [0.15, 0.2) is 11.6 Å². The van der Waals surface area contributed by atoms with Crippen LogP contribution in [-0.4, -0.2) is 10.1 Å². The molecule has 0 atom stereocenters. The Morgan fingerprint density at radius 3 is 2.56 bits per heavy atom. The van der Waals surface area contributed by atoms with E-state index in [1.165, 1.54) is 12.1 Å². The van der Waals surface area contributed by atoms with Gasteiger partial charge in [0.05, 0.1) is 6.20 Å². The van der Waals surface area contributed by atoms with Crippen molar-refractivity contribution in [3.63, 3.8) is 0 Å². The number of nitrogens with zero attached hydrogens (tertiary/aromatic N) is 1. The largest absolute Gasteiger partial charge is 0.505 e. The monoisotopic (exact) mass is 222 g/mol. The van der Waals surface area contributed by atoms with Gasteiger partial charge in [0.2, 0.25) is 0 Å². The van der Waals surface area contributed by atoms with Gasteiger partial charge in [-0.05, 0) is 23.8 Å². The molecule has 0 aliphatic rings. The van der Waals surface area contributed by atoms with Crippen molar-refractivity contribution in [2.45, 2.75) is 0 Å². The number of hydrogen-bond acceptors (Lipinski definition) is 3. The zero-order valence-corrected chi connectivity index (χ0v) is 8.11. The van der Waals surface area contributed by atoms with E-state index in [0.29, 0.717) is 5.56 Å². The lowest BCUT2D eigenvalue weighted by Gasteiger charge is -2.05. The van der Waals surface area contributed by atoms with Gasteiger partial charge < -0.3 is 10.8 Å². The third-order valence-corrected chi connectivity index (χ3v) is 2.13. The minimum Gasteiger partial charge on any atom is -0.505 e. The van der Waals surface area contributed by atoms with Crippen LogP contribution in [0.15, 0.2) is 30.5 Å². The van der Waals surface area contributed by atoms with E-state index in [-0.39, 0.29) is 11.4 Å². The molecule has 2 rings (SSSR count). The summed E-state index contributed by atoms with van der Waals surface area (Å²) >= 11 is 0. The molecule has 0 unspecified atom stereocenters. The summed E-state index contributed by atoms with van der Waals surface area (Å²) in [6.45, 7) is 0. The first-order chi connectivity index (χ1) is 7.58. The molecule has 0 saturated carbocycles. The van der Waals surface area contributed by atoms with Crippen LogP contribution in [0.4, 0.5) is 14.6 Å². The molecule has 1 aromatic heterocycles. The predicted octanol–water partition coefficient (Wildman–Crippen LogP) is 2.31. The molecule has 0 saturated heterocycles. The number of phenols is 1. The maximum atomic E-state index is 13.4. The molecule has 1 heterocycles. The normalized spacial score (nSPS) is 10.4. The van der Waals surface area contributed by atoms with Crippen LogP contribution < -0.4 is 5.73 Å². The third kappa shape index (κ3) is 1.79. The minimum atomic E-state index is -0.758. The van der Waals surface area contributed by atoms with Gasteiger partial charge in [0.25, 0.3) is 0 Å². The number of anilines is 1. The Kier molecular flexibility index (Phi) is 2.44. The Labute approximate surface area is 90.2 Å². The maximum Gasteiger partial charge on any atom is 0.164 e.